The zero-order chi connectivity index (χ0) is 67.0. The lowest BCUT2D eigenvalue weighted by molar-refractivity contribution is -0.142. The molecule has 6 N–H and O–H groups in total. The fourth-order valence-corrected chi connectivity index (χ4v) is 14.3. The van der Waals surface area contributed by atoms with Gasteiger partial charge in [0, 0.05) is 168 Å². The molecule has 0 aromatic heterocycles. The van der Waals surface area contributed by atoms with Gasteiger partial charge in [-0.05, 0) is 152 Å². The second kappa shape index (κ2) is 34.7. The minimum Gasteiger partial charge on any atom is -0.369 e. The van der Waals surface area contributed by atoms with Gasteiger partial charge in [0.1, 0.15) is 17.2 Å². The summed E-state index contributed by atoms with van der Waals surface area (Å²) in [6.07, 6.45) is 10.3. The number of rotatable bonds is 13. The highest BCUT2D eigenvalue weighted by atomic mass is 19.4. The van der Waals surface area contributed by atoms with E-state index >= 15 is 0 Å². The molecule has 0 radical (unpaired) electrons. The van der Waals surface area contributed by atoms with Crippen molar-refractivity contribution >= 4 is 6.21 Å². The maximum Gasteiger partial charge on any atom is 0.422 e. The van der Waals surface area contributed by atoms with E-state index in [0.717, 1.165) is 120 Å². The van der Waals surface area contributed by atoms with E-state index in [0.29, 0.717) is 72.6 Å². The Hall–Kier alpha value is -4.57. The molecule has 2 aromatic rings. The molecule has 20 heteroatoms. The van der Waals surface area contributed by atoms with Gasteiger partial charge in [0.25, 0.3) is 0 Å². The Labute approximate surface area is 541 Å². The van der Waals surface area contributed by atoms with Crippen LogP contribution in [0.5, 0.6) is 0 Å². The first-order valence-electron chi connectivity index (χ1n) is 34.1. The fraction of sp³-hybridized carbons (Fsp3) is 0.704. The Bertz CT molecular complexity index is 2670. The van der Waals surface area contributed by atoms with Crippen LogP contribution in [0.4, 0.5) is 35.1 Å². The molecule has 514 valence electrons. The van der Waals surface area contributed by atoms with Crippen molar-refractivity contribution in [1.82, 2.24) is 51.5 Å². The first-order valence-corrected chi connectivity index (χ1v) is 34.1. The van der Waals surface area contributed by atoms with Crippen LogP contribution in [-0.4, -0.2) is 145 Å². The summed E-state index contributed by atoms with van der Waals surface area (Å²) in [5.74, 6) is -1.47. The summed E-state index contributed by atoms with van der Waals surface area (Å²) in [5.41, 5.74) is 0.437. The monoisotopic (exact) mass is 1290 g/mol. The van der Waals surface area contributed by atoms with Crippen molar-refractivity contribution in [3.05, 3.63) is 118 Å². The van der Waals surface area contributed by atoms with Gasteiger partial charge in [-0.15, -0.1) is 0 Å². The predicted octanol–water partition coefficient (Wildman–Crippen LogP) is 14.0. The molecule has 2 aromatic carbocycles. The summed E-state index contributed by atoms with van der Waals surface area (Å²) in [5, 5.41) is 23.7. The average Bonchev–Trinajstić information content (AvgIpc) is 0.940. The van der Waals surface area contributed by atoms with Crippen LogP contribution in [0.1, 0.15) is 176 Å². The number of benzene rings is 2. The van der Waals surface area contributed by atoms with Gasteiger partial charge >= 0.3 is 12.4 Å². The number of fused-ring (bicyclic) bond motifs is 2. The van der Waals surface area contributed by atoms with E-state index in [1.165, 1.54) is 12.1 Å². The minimum absolute atomic E-state index is 0.00769. The largest absolute Gasteiger partial charge is 0.422 e. The van der Waals surface area contributed by atoms with Gasteiger partial charge in [0.2, 0.25) is 0 Å². The van der Waals surface area contributed by atoms with Crippen LogP contribution >= 0.6 is 0 Å². The summed E-state index contributed by atoms with van der Waals surface area (Å²) in [4.78, 5) is 14.0. The van der Waals surface area contributed by atoms with Crippen LogP contribution in [0, 0.1) is 35.3 Å². The molecular weight excluding hydrogens is 1170 g/mol. The number of aryl methyl sites for hydroxylation is 1. The number of likely N-dealkylation sites (N-methyl/N-ethyl adjacent to an activating group) is 1. The van der Waals surface area contributed by atoms with Gasteiger partial charge in [-0.3, -0.25) is 9.89 Å². The summed E-state index contributed by atoms with van der Waals surface area (Å²) in [6, 6.07) is 8.97. The summed E-state index contributed by atoms with van der Waals surface area (Å²) in [7, 11) is 3.79. The van der Waals surface area contributed by atoms with Crippen LogP contribution in [-0.2, 0) is 29.9 Å². The molecule has 3 aliphatic heterocycles. The standard InChI is InChI=1S/C71H113F8N11O/c1-16-47(6)64-40-84-63(36-46(4)5)51(10)83-41-65-49(8)53(12)90(65)68(48(7)17-2)52(11)86-69(30-19-20-31-69)45-80-42-66(91-18-3)82-32-29-58(28-25-56-38-61(72)67(62(73)39-56)71(77,78)79)81-33-35-87(14)43-60(37-55-23-26-57(27-24-55)70(74,75)76)88(15)44-59-22-21-34-89(59)54(13)50(9)85-64/h23-24,26-27,29,32-33,35,38-39,43-44,46-54,63-66,68,80-81,83-86H,16-22,25,28,30-31,34,36-37,40-42,45H2,1-15H3/t47-,48-,49+,50?,51?,52?,53?,54-,63-,64+,65?,66+,68-/m0/s1. The SMILES string of the molecule is CCO[C@@H]1CNCC2(CCCC2)NC(C)[C@H]([C@@H](C)CC)N2C(C)[C@@H](C)C2CNC(C)[C@H](CC(C)C)NC[C@H]([C@@H](C)CC)NC(C)[C@H](C)N2CCCC2=CN(C)C(Cc2ccc(C(F)(F)F)cc2)=CN(C)C=CNC(CCc2cc(F)c(C(F)(F)F)c(F)c2)=CC=N1. The van der Waals surface area contributed by atoms with Crippen LogP contribution in [0.15, 0.2) is 89.4 Å². The van der Waals surface area contributed by atoms with Crippen LogP contribution in [0.3, 0.4) is 0 Å². The minimum atomic E-state index is -5.20. The topological polar surface area (TPSA) is 107 Å². The van der Waals surface area contributed by atoms with Crippen molar-refractivity contribution in [2.75, 3.05) is 53.4 Å². The molecule has 0 bridgehead atoms. The molecule has 4 aliphatic rings. The molecule has 2 saturated heterocycles. The number of aliphatic imine (C=N–C) groups is 1. The molecule has 3 heterocycles. The quantitative estimate of drug-likeness (QED) is 0.108. The number of allylic oxidation sites excluding steroid dienone is 4. The first-order chi connectivity index (χ1) is 43.0. The van der Waals surface area contributed by atoms with E-state index in [2.05, 4.69) is 131 Å². The summed E-state index contributed by atoms with van der Waals surface area (Å²) in [6.45, 7) is 34.2. The third-order valence-corrected chi connectivity index (χ3v) is 20.3. The molecular formula is C71H113F8N11O. The molecule has 6 rings (SSSR count). The number of nitrogens with zero attached hydrogens (tertiary/aromatic N) is 5. The van der Waals surface area contributed by atoms with E-state index in [9.17, 15) is 35.1 Å². The summed E-state index contributed by atoms with van der Waals surface area (Å²) >= 11 is 0. The zero-order valence-electron chi connectivity index (χ0n) is 57.4. The van der Waals surface area contributed by atoms with Crippen LogP contribution in [0.2, 0.25) is 0 Å². The van der Waals surface area contributed by atoms with Crippen molar-refractivity contribution in [2.24, 2.45) is 28.7 Å². The van der Waals surface area contributed by atoms with E-state index in [1.54, 1.807) is 24.7 Å². The van der Waals surface area contributed by atoms with Gasteiger partial charge in [-0.2, -0.15) is 26.3 Å². The highest BCUT2D eigenvalue weighted by Gasteiger charge is 2.50. The fourth-order valence-electron chi connectivity index (χ4n) is 14.3. The predicted molar refractivity (Wildman–Crippen MR) is 355 cm³/mol. The Morgan fingerprint density at radius 3 is 2.03 bits per heavy atom. The number of hydrogen-bond acceptors (Lipinski definition) is 12. The van der Waals surface area contributed by atoms with Crippen molar-refractivity contribution in [2.45, 2.75) is 246 Å². The maximum atomic E-state index is 14.9. The molecule has 1 saturated carbocycles. The van der Waals surface area contributed by atoms with E-state index < -0.39 is 41.3 Å². The molecule has 5 unspecified atom stereocenters. The lowest BCUT2D eigenvalue weighted by atomic mass is 9.76. The Morgan fingerprint density at radius 2 is 1.42 bits per heavy atom. The smallest absolute Gasteiger partial charge is 0.369 e. The lowest BCUT2D eigenvalue weighted by Gasteiger charge is -2.60. The van der Waals surface area contributed by atoms with Gasteiger partial charge in [0.05, 0.1) is 5.56 Å². The molecule has 91 heavy (non-hydrogen) atoms. The second-order valence-electron chi connectivity index (χ2n) is 27.5. The second-order valence-corrected chi connectivity index (χ2v) is 27.5. The molecule has 1 spiro atoms. The van der Waals surface area contributed by atoms with Crippen molar-refractivity contribution in [3.63, 3.8) is 0 Å². The van der Waals surface area contributed by atoms with Gasteiger partial charge in [-0.25, -0.2) is 8.78 Å². The molecule has 1 aliphatic carbocycles. The summed E-state index contributed by atoms with van der Waals surface area (Å²) < 4.78 is 118. The average molecular weight is 1290 g/mol. The lowest BCUT2D eigenvalue weighted by Crippen LogP contribution is -2.73. The number of ether oxygens (including phenoxy) is 1. The maximum absolute atomic E-state index is 14.9. The molecule has 12 nitrogen and oxygen atoms in total. The van der Waals surface area contributed by atoms with E-state index in [4.69, 9.17) is 9.73 Å². The van der Waals surface area contributed by atoms with Crippen LogP contribution < -0.4 is 31.9 Å². The Morgan fingerprint density at radius 1 is 0.747 bits per heavy atom. The molecule has 0 amide bonds. The Kier molecular flexibility index (Phi) is 28.8. The van der Waals surface area contributed by atoms with Crippen molar-refractivity contribution in [3.8, 4) is 0 Å². The van der Waals surface area contributed by atoms with E-state index in [-0.39, 0.29) is 60.2 Å². The third-order valence-electron chi connectivity index (χ3n) is 20.3. The van der Waals surface area contributed by atoms with E-state index in [1.807, 2.05) is 37.0 Å². The first kappa shape index (κ1) is 75.5. The normalized spacial score (nSPS) is 28.8. The Balaban J connectivity index is 1.37. The molecule has 3 fully saturated rings. The van der Waals surface area contributed by atoms with Crippen molar-refractivity contribution in [1.29, 1.82) is 0 Å². The van der Waals surface area contributed by atoms with Crippen molar-refractivity contribution < 1.29 is 39.9 Å². The third kappa shape index (κ3) is 21.5. The zero-order valence-corrected chi connectivity index (χ0v) is 57.4. The molecule has 13 atom stereocenters. The van der Waals surface area contributed by atoms with Crippen LogP contribution in [0.25, 0.3) is 0 Å². The van der Waals surface area contributed by atoms with Gasteiger partial charge in [0.15, 0.2) is 6.23 Å². The highest BCUT2D eigenvalue weighted by Crippen LogP contribution is 2.40. The van der Waals surface area contributed by atoms with Gasteiger partial charge < -0.3 is 51.3 Å². The number of alkyl halides is 6. The number of nitrogens with one attached hydrogen (secondary N) is 6. The highest BCUT2D eigenvalue weighted by molar-refractivity contribution is 5.72. The number of halogens is 8. The number of hydrogen-bond donors (Lipinski definition) is 6. The van der Waals surface area contributed by atoms with Gasteiger partial charge in [-0.1, -0.05) is 86.3 Å².